The number of imidazole rings is 1. The van der Waals surface area contributed by atoms with Crippen molar-refractivity contribution < 1.29 is 9.18 Å². The highest BCUT2D eigenvalue weighted by Crippen LogP contribution is 2.28. The van der Waals surface area contributed by atoms with E-state index in [2.05, 4.69) is 15.6 Å². The Kier molecular flexibility index (Phi) is 5.13. The average molecular weight is 380 g/mol. The largest absolute Gasteiger partial charge is 0.327 e. The zero-order chi connectivity index (χ0) is 19.7. The number of carbonyl (C=O) groups is 1. The maximum Gasteiger partial charge on any atom is 0.224 e. The van der Waals surface area contributed by atoms with E-state index in [0.29, 0.717) is 17.9 Å². The molecule has 1 aliphatic heterocycles. The van der Waals surface area contributed by atoms with Crippen LogP contribution in [0.15, 0.2) is 36.4 Å². The number of aryl methyl sites for hydroxylation is 2. The molecule has 1 amide bonds. The summed E-state index contributed by atoms with van der Waals surface area (Å²) in [6.07, 6.45) is 2.59. The number of halogens is 1. The first-order valence-electron chi connectivity index (χ1n) is 9.75. The number of aromatic nitrogens is 2. The van der Waals surface area contributed by atoms with Gasteiger partial charge in [-0.05, 0) is 62.5 Å². The van der Waals surface area contributed by atoms with Crippen molar-refractivity contribution in [2.75, 3.05) is 18.4 Å². The number of fused-ring (bicyclic) bond motifs is 1. The lowest BCUT2D eigenvalue weighted by atomic mass is 10.0. The van der Waals surface area contributed by atoms with Gasteiger partial charge in [0.05, 0.1) is 11.0 Å². The molecular formula is C22H25FN4O. The van der Waals surface area contributed by atoms with Crippen LogP contribution in [0.5, 0.6) is 0 Å². The third-order valence-corrected chi connectivity index (χ3v) is 5.55. The number of amides is 1. The summed E-state index contributed by atoms with van der Waals surface area (Å²) in [4.78, 5) is 17.0. The monoisotopic (exact) mass is 380 g/mol. The minimum Gasteiger partial charge on any atom is -0.327 e. The number of benzene rings is 2. The Morgan fingerprint density at radius 2 is 2.18 bits per heavy atom. The molecule has 0 saturated carbocycles. The van der Waals surface area contributed by atoms with Crippen LogP contribution >= 0.6 is 0 Å². The van der Waals surface area contributed by atoms with Gasteiger partial charge in [0.25, 0.3) is 0 Å². The number of carbonyl (C=O) groups excluding carboxylic acids is 1. The Bertz CT molecular complexity index is 1020. The van der Waals surface area contributed by atoms with E-state index < -0.39 is 0 Å². The van der Waals surface area contributed by atoms with Gasteiger partial charge in [0.15, 0.2) is 0 Å². The normalized spacial score (nSPS) is 16.6. The molecule has 1 atom stereocenters. The van der Waals surface area contributed by atoms with Crippen LogP contribution < -0.4 is 10.6 Å². The summed E-state index contributed by atoms with van der Waals surface area (Å²) in [5.74, 6) is 1.08. The molecule has 28 heavy (non-hydrogen) atoms. The maximum absolute atomic E-state index is 13.5. The first kappa shape index (κ1) is 18.6. The fourth-order valence-corrected chi connectivity index (χ4v) is 3.84. The first-order chi connectivity index (χ1) is 13.5. The second-order valence-electron chi connectivity index (χ2n) is 7.60. The molecule has 6 heteroatoms. The fourth-order valence-electron chi connectivity index (χ4n) is 3.84. The number of nitrogens with one attached hydrogen (secondary N) is 2. The van der Waals surface area contributed by atoms with E-state index in [1.807, 2.05) is 36.7 Å². The summed E-state index contributed by atoms with van der Waals surface area (Å²) >= 11 is 0. The molecule has 2 aromatic carbocycles. The molecule has 0 aliphatic carbocycles. The maximum atomic E-state index is 13.5. The van der Waals surface area contributed by atoms with Gasteiger partial charge in [-0.2, -0.15) is 0 Å². The van der Waals surface area contributed by atoms with Crippen LogP contribution in [0.2, 0.25) is 0 Å². The zero-order valence-corrected chi connectivity index (χ0v) is 16.3. The molecule has 0 radical (unpaired) electrons. The number of hydrogen-bond donors (Lipinski definition) is 2. The topological polar surface area (TPSA) is 59.0 Å². The third kappa shape index (κ3) is 3.78. The Labute approximate surface area is 164 Å². The van der Waals surface area contributed by atoms with Gasteiger partial charge in [0, 0.05) is 30.8 Å². The van der Waals surface area contributed by atoms with Crippen molar-refractivity contribution in [3.05, 3.63) is 47.8 Å². The molecule has 1 aromatic heterocycles. The van der Waals surface area contributed by atoms with Crippen molar-refractivity contribution in [2.24, 2.45) is 13.0 Å². The van der Waals surface area contributed by atoms with Gasteiger partial charge in [0.2, 0.25) is 5.91 Å². The van der Waals surface area contributed by atoms with Crippen molar-refractivity contribution in [1.29, 1.82) is 0 Å². The molecule has 3 aromatic rings. The van der Waals surface area contributed by atoms with Crippen molar-refractivity contribution in [3.63, 3.8) is 0 Å². The molecule has 0 bridgehead atoms. The molecule has 4 rings (SSSR count). The van der Waals surface area contributed by atoms with Crippen LogP contribution in [0.25, 0.3) is 22.4 Å². The quantitative estimate of drug-likeness (QED) is 0.703. The molecule has 1 saturated heterocycles. The number of anilines is 1. The van der Waals surface area contributed by atoms with Gasteiger partial charge in [-0.3, -0.25) is 4.79 Å². The molecule has 146 valence electrons. The summed E-state index contributed by atoms with van der Waals surface area (Å²) in [5.41, 5.74) is 4.18. The van der Waals surface area contributed by atoms with Crippen LogP contribution in [-0.2, 0) is 11.8 Å². The van der Waals surface area contributed by atoms with Crippen molar-refractivity contribution in [2.45, 2.75) is 26.2 Å². The van der Waals surface area contributed by atoms with Crippen LogP contribution in [-0.4, -0.2) is 28.5 Å². The van der Waals surface area contributed by atoms with Crippen molar-refractivity contribution in [3.8, 4) is 11.4 Å². The summed E-state index contributed by atoms with van der Waals surface area (Å²) in [5, 5.41) is 6.39. The standard InChI is InChI=1S/C22H25FN4O/c1-14-3-5-16(22-26-19-12-17(23)6-7-20(19)27(22)2)11-18(14)25-21(28)8-4-15-9-10-24-13-15/h3,5-7,11-12,15,24H,4,8-10,13H2,1-2H3,(H,25,28). The highest BCUT2D eigenvalue weighted by molar-refractivity contribution is 5.92. The minimum atomic E-state index is -0.300. The summed E-state index contributed by atoms with van der Waals surface area (Å²) < 4.78 is 15.5. The third-order valence-electron chi connectivity index (χ3n) is 5.55. The Morgan fingerprint density at radius 3 is 2.96 bits per heavy atom. The van der Waals surface area contributed by atoms with Crippen LogP contribution in [0.4, 0.5) is 10.1 Å². The molecule has 0 spiro atoms. The molecule has 2 N–H and O–H groups in total. The van der Waals surface area contributed by atoms with E-state index in [1.54, 1.807) is 6.07 Å². The van der Waals surface area contributed by atoms with Crippen molar-refractivity contribution in [1.82, 2.24) is 14.9 Å². The minimum absolute atomic E-state index is 0.0409. The fraction of sp³-hybridized carbons (Fsp3) is 0.364. The second kappa shape index (κ2) is 7.72. The number of nitrogens with zero attached hydrogens (tertiary/aromatic N) is 2. The van der Waals surface area contributed by atoms with Gasteiger partial charge in [-0.15, -0.1) is 0 Å². The van der Waals surface area contributed by atoms with Gasteiger partial charge < -0.3 is 15.2 Å². The highest BCUT2D eigenvalue weighted by atomic mass is 19.1. The van der Waals surface area contributed by atoms with Crippen LogP contribution in [0, 0.1) is 18.7 Å². The highest BCUT2D eigenvalue weighted by Gasteiger charge is 2.17. The first-order valence-corrected chi connectivity index (χ1v) is 9.75. The number of rotatable bonds is 5. The second-order valence-corrected chi connectivity index (χ2v) is 7.60. The van der Waals surface area contributed by atoms with Gasteiger partial charge >= 0.3 is 0 Å². The summed E-state index contributed by atoms with van der Waals surface area (Å²) in [6, 6.07) is 10.5. The molecule has 2 heterocycles. The van der Waals surface area contributed by atoms with Crippen LogP contribution in [0.1, 0.15) is 24.8 Å². The van der Waals surface area contributed by atoms with E-state index in [9.17, 15) is 9.18 Å². The lowest BCUT2D eigenvalue weighted by Crippen LogP contribution is -2.15. The lowest BCUT2D eigenvalue weighted by Gasteiger charge is -2.12. The van der Waals surface area contributed by atoms with Gasteiger partial charge in [-0.25, -0.2) is 9.37 Å². The average Bonchev–Trinajstić information content (AvgIpc) is 3.30. The zero-order valence-electron chi connectivity index (χ0n) is 16.3. The predicted molar refractivity (Wildman–Crippen MR) is 110 cm³/mol. The van der Waals surface area contributed by atoms with E-state index in [4.69, 9.17) is 0 Å². The van der Waals surface area contributed by atoms with Crippen molar-refractivity contribution >= 4 is 22.6 Å². The Hall–Kier alpha value is -2.73. The van der Waals surface area contributed by atoms with E-state index in [1.165, 1.54) is 12.1 Å². The predicted octanol–water partition coefficient (Wildman–Crippen LogP) is 4.02. The smallest absolute Gasteiger partial charge is 0.224 e. The van der Waals surface area contributed by atoms with E-state index in [0.717, 1.165) is 54.1 Å². The SMILES string of the molecule is Cc1ccc(-c2nc3cc(F)ccc3n2C)cc1NC(=O)CCC1CCNC1. The molecule has 1 aliphatic rings. The summed E-state index contributed by atoms with van der Waals surface area (Å²) in [7, 11) is 1.91. The summed E-state index contributed by atoms with van der Waals surface area (Å²) in [6.45, 7) is 4.04. The number of hydrogen-bond acceptors (Lipinski definition) is 3. The van der Waals surface area contributed by atoms with E-state index in [-0.39, 0.29) is 11.7 Å². The Balaban J connectivity index is 1.55. The van der Waals surface area contributed by atoms with E-state index >= 15 is 0 Å². The van der Waals surface area contributed by atoms with Crippen LogP contribution in [0.3, 0.4) is 0 Å². The Morgan fingerprint density at radius 1 is 1.32 bits per heavy atom. The molecule has 1 unspecified atom stereocenters. The molecule has 1 fully saturated rings. The van der Waals surface area contributed by atoms with Gasteiger partial charge in [0.1, 0.15) is 11.6 Å². The van der Waals surface area contributed by atoms with Gasteiger partial charge in [-0.1, -0.05) is 12.1 Å². The molecular weight excluding hydrogens is 355 g/mol. The lowest BCUT2D eigenvalue weighted by molar-refractivity contribution is -0.116. The molecule has 5 nitrogen and oxygen atoms in total.